The molecule has 6 nitrogen and oxygen atoms in total. The number of hydrogen-bond donors (Lipinski definition) is 2. The minimum Gasteiger partial charge on any atom is -0.334 e. The van der Waals surface area contributed by atoms with Crippen molar-refractivity contribution in [2.75, 3.05) is 24.5 Å². The van der Waals surface area contributed by atoms with E-state index >= 15 is 0 Å². The monoisotopic (exact) mass is 408 g/mol. The van der Waals surface area contributed by atoms with Crippen LogP contribution >= 0.6 is 0 Å². The highest BCUT2D eigenvalue weighted by atomic mass is 16.2. The lowest BCUT2D eigenvalue weighted by molar-refractivity contribution is -0.117. The second kappa shape index (κ2) is 10.8. The van der Waals surface area contributed by atoms with Crippen molar-refractivity contribution in [3.8, 4) is 0 Å². The summed E-state index contributed by atoms with van der Waals surface area (Å²) in [6, 6.07) is 16.0. The fraction of sp³-hybridized carbons (Fsp3) is 0.417. The molecule has 6 heteroatoms. The summed E-state index contributed by atoms with van der Waals surface area (Å²) < 4.78 is 0. The molecule has 160 valence electrons. The summed E-state index contributed by atoms with van der Waals surface area (Å²) in [5, 5.41) is 5.78. The molecule has 1 fully saturated rings. The molecule has 0 spiro atoms. The quantitative estimate of drug-likeness (QED) is 0.666. The molecular weight excluding hydrogens is 376 g/mol. The van der Waals surface area contributed by atoms with Gasteiger partial charge in [0.1, 0.15) is 0 Å². The fourth-order valence-electron chi connectivity index (χ4n) is 3.61. The molecule has 0 unspecified atom stereocenters. The summed E-state index contributed by atoms with van der Waals surface area (Å²) in [6.07, 6.45) is 1.54. The van der Waals surface area contributed by atoms with Gasteiger partial charge in [0.2, 0.25) is 5.91 Å². The summed E-state index contributed by atoms with van der Waals surface area (Å²) in [4.78, 5) is 28.1. The Hall–Kier alpha value is -2.86. The van der Waals surface area contributed by atoms with Gasteiger partial charge in [-0.25, -0.2) is 4.79 Å². The van der Waals surface area contributed by atoms with E-state index in [9.17, 15) is 9.59 Å². The third-order valence-electron chi connectivity index (χ3n) is 5.55. The lowest BCUT2D eigenvalue weighted by Gasteiger charge is -2.18. The Morgan fingerprint density at radius 2 is 1.43 bits per heavy atom. The highest BCUT2D eigenvalue weighted by Crippen LogP contribution is 2.21. The van der Waals surface area contributed by atoms with Gasteiger partial charge in [-0.1, -0.05) is 50.2 Å². The zero-order chi connectivity index (χ0) is 21.3. The van der Waals surface area contributed by atoms with Crippen molar-refractivity contribution in [2.24, 2.45) is 0 Å². The van der Waals surface area contributed by atoms with Crippen LogP contribution in [0.4, 0.5) is 10.5 Å². The molecule has 0 bridgehead atoms. The van der Waals surface area contributed by atoms with Crippen molar-refractivity contribution < 1.29 is 9.59 Å². The molecule has 0 aromatic heterocycles. The highest BCUT2D eigenvalue weighted by molar-refractivity contribution is 5.95. The van der Waals surface area contributed by atoms with Crippen molar-refractivity contribution in [1.82, 2.24) is 15.5 Å². The first kappa shape index (κ1) is 21.8. The van der Waals surface area contributed by atoms with Crippen molar-refractivity contribution in [3.63, 3.8) is 0 Å². The van der Waals surface area contributed by atoms with E-state index in [1.54, 1.807) is 0 Å². The maximum Gasteiger partial charge on any atom is 0.315 e. The van der Waals surface area contributed by atoms with Crippen LogP contribution in [0.25, 0.3) is 0 Å². The Morgan fingerprint density at radius 1 is 0.900 bits per heavy atom. The summed E-state index contributed by atoms with van der Waals surface area (Å²) in [5.74, 6) is 0.182. The van der Waals surface area contributed by atoms with Crippen LogP contribution < -0.4 is 15.5 Å². The number of nitrogens with one attached hydrogen (secondary N) is 2. The number of urea groups is 1. The molecule has 0 radical (unpaired) electrons. The molecule has 2 N–H and O–H groups in total. The molecule has 0 saturated carbocycles. The SMILES string of the molecule is CCN(CC)Cc1ccc(CNC(=O)NCc2ccc(N3CCCC3=O)cc2)cc1. The molecule has 1 heterocycles. The van der Waals surface area contributed by atoms with Crippen molar-refractivity contribution in [3.05, 3.63) is 65.2 Å². The lowest BCUT2D eigenvalue weighted by Crippen LogP contribution is -2.34. The minimum atomic E-state index is -0.194. The third-order valence-corrected chi connectivity index (χ3v) is 5.55. The average Bonchev–Trinajstić information content (AvgIpc) is 3.21. The number of amides is 3. The molecule has 0 atom stereocenters. The minimum absolute atomic E-state index is 0.182. The lowest BCUT2D eigenvalue weighted by atomic mass is 10.1. The van der Waals surface area contributed by atoms with Gasteiger partial charge in [0, 0.05) is 38.3 Å². The van der Waals surface area contributed by atoms with Crippen LogP contribution in [-0.2, 0) is 24.4 Å². The van der Waals surface area contributed by atoms with Gasteiger partial charge in [0.05, 0.1) is 0 Å². The number of carbonyl (C=O) groups excluding carboxylic acids is 2. The van der Waals surface area contributed by atoms with E-state index < -0.39 is 0 Å². The second-order valence-electron chi connectivity index (χ2n) is 7.63. The first-order chi connectivity index (χ1) is 14.6. The van der Waals surface area contributed by atoms with Crippen molar-refractivity contribution in [1.29, 1.82) is 0 Å². The van der Waals surface area contributed by atoms with E-state index in [-0.39, 0.29) is 11.9 Å². The molecule has 1 saturated heterocycles. The molecule has 1 aliphatic rings. The van der Waals surface area contributed by atoms with Crippen molar-refractivity contribution in [2.45, 2.75) is 46.3 Å². The van der Waals surface area contributed by atoms with Crippen molar-refractivity contribution >= 4 is 17.6 Å². The largest absolute Gasteiger partial charge is 0.334 e. The smallest absolute Gasteiger partial charge is 0.315 e. The van der Waals surface area contributed by atoms with Gasteiger partial charge in [-0.3, -0.25) is 9.69 Å². The number of carbonyl (C=O) groups is 2. The molecule has 1 aliphatic heterocycles. The second-order valence-corrected chi connectivity index (χ2v) is 7.63. The number of anilines is 1. The van der Waals surface area contributed by atoms with Gasteiger partial charge in [-0.2, -0.15) is 0 Å². The standard InChI is InChI=1S/C24H32N4O2/c1-3-27(4-2)18-21-9-7-19(8-10-21)16-25-24(30)26-17-20-11-13-22(14-12-20)28-15-5-6-23(28)29/h7-14H,3-6,15-18H2,1-2H3,(H2,25,26,30). The van der Waals surface area contributed by atoms with Crippen LogP contribution in [0.1, 0.15) is 43.4 Å². The Kier molecular flexibility index (Phi) is 7.85. The summed E-state index contributed by atoms with van der Waals surface area (Å²) in [6.45, 7) is 9.10. The van der Waals surface area contributed by atoms with E-state index in [0.29, 0.717) is 19.5 Å². The fourth-order valence-corrected chi connectivity index (χ4v) is 3.61. The normalized spacial score (nSPS) is 13.7. The van der Waals surface area contributed by atoms with E-state index in [2.05, 4.69) is 53.6 Å². The van der Waals surface area contributed by atoms with Crippen LogP contribution in [0.15, 0.2) is 48.5 Å². The van der Waals surface area contributed by atoms with E-state index in [0.717, 1.165) is 49.4 Å². The maximum absolute atomic E-state index is 12.1. The van der Waals surface area contributed by atoms with Gasteiger partial charge in [0.15, 0.2) is 0 Å². The Labute approximate surface area is 179 Å². The van der Waals surface area contributed by atoms with Gasteiger partial charge < -0.3 is 15.5 Å². The van der Waals surface area contributed by atoms with Crippen LogP contribution in [0.3, 0.4) is 0 Å². The summed E-state index contributed by atoms with van der Waals surface area (Å²) >= 11 is 0. The molecule has 3 rings (SSSR count). The predicted octanol–water partition coefficient (Wildman–Crippen LogP) is 3.65. The first-order valence-corrected chi connectivity index (χ1v) is 10.8. The number of nitrogens with zero attached hydrogens (tertiary/aromatic N) is 2. The van der Waals surface area contributed by atoms with E-state index in [1.807, 2.05) is 29.2 Å². The summed E-state index contributed by atoms with van der Waals surface area (Å²) in [7, 11) is 0. The topological polar surface area (TPSA) is 64.7 Å². The molecule has 2 aromatic rings. The Balaban J connectivity index is 1.41. The van der Waals surface area contributed by atoms with Gasteiger partial charge in [-0.05, 0) is 48.3 Å². The predicted molar refractivity (Wildman–Crippen MR) is 120 cm³/mol. The van der Waals surface area contributed by atoms with E-state index in [1.165, 1.54) is 5.56 Å². The zero-order valence-corrected chi connectivity index (χ0v) is 18.0. The van der Waals surface area contributed by atoms with Crippen LogP contribution in [0.2, 0.25) is 0 Å². The Morgan fingerprint density at radius 3 is 1.93 bits per heavy atom. The van der Waals surface area contributed by atoms with Gasteiger partial charge >= 0.3 is 6.03 Å². The van der Waals surface area contributed by atoms with Crippen LogP contribution in [0.5, 0.6) is 0 Å². The Bertz CT molecular complexity index is 829. The third kappa shape index (κ3) is 6.07. The first-order valence-electron chi connectivity index (χ1n) is 10.8. The number of hydrogen-bond acceptors (Lipinski definition) is 3. The maximum atomic E-state index is 12.1. The van der Waals surface area contributed by atoms with Gasteiger partial charge in [-0.15, -0.1) is 0 Å². The molecular formula is C24H32N4O2. The van der Waals surface area contributed by atoms with E-state index in [4.69, 9.17) is 0 Å². The molecule has 3 amide bonds. The highest BCUT2D eigenvalue weighted by Gasteiger charge is 2.21. The van der Waals surface area contributed by atoms with Crippen LogP contribution in [0, 0.1) is 0 Å². The zero-order valence-electron chi connectivity index (χ0n) is 18.0. The number of benzene rings is 2. The average molecular weight is 409 g/mol. The van der Waals surface area contributed by atoms with Crippen LogP contribution in [-0.4, -0.2) is 36.5 Å². The van der Waals surface area contributed by atoms with Gasteiger partial charge in [0.25, 0.3) is 0 Å². The molecule has 2 aromatic carbocycles. The summed E-state index contributed by atoms with van der Waals surface area (Å²) in [5.41, 5.74) is 4.29. The molecule has 0 aliphatic carbocycles. The number of rotatable bonds is 9. The molecule has 30 heavy (non-hydrogen) atoms.